The quantitative estimate of drug-likeness (QED) is 0.702. The minimum atomic E-state index is -0.480. The molecule has 1 aliphatic heterocycles. The Labute approximate surface area is 163 Å². The van der Waals surface area contributed by atoms with Gasteiger partial charge in [-0.15, -0.1) is 0 Å². The van der Waals surface area contributed by atoms with E-state index in [1.165, 1.54) is 0 Å². The Hall–Kier alpha value is -3.16. The van der Waals surface area contributed by atoms with E-state index in [4.69, 9.17) is 24.7 Å². The molecule has 1 saturated heterocycles. The van der Waals surface area contributed by atoms with Crippen LogP contribution >= 0.6 is 0 Å². The fraction of sp³-hybridized carbons (Fsp3) is 0.238. The van der Waals surface area contributed by atoms with Crippen molar-refractivity contribution in [1.29, 1.82) is 0 Å². The summed E-state index contributed by atoms with van der Waals surface area (Å²) in [5, 5.41) is 0. The molecule has 0 radical (unpaired) electrons. The molecule has 7 nitrogen and oxygen atoms in total. The van der Waals surface area contributed by atoms with Gasteiger partial charge in [-0.25, -0.2) is 9.97 Å². The zero-order valence-corrected chi connectivity index (χ0v) is 15.5. The standard InChI is InChI=1S/C21H21N3O4/c1-25-15-7-5-14(6-8-15)13-28-19-16(20-23-10-9-18(22)24-20)3-2-4-17(19)21-26-11-12-27-21/h2-10,21H,11-13H2,1H3,(H2,22,23,24). The van der Waals surface area contributed by atoms with Gasteiger partial charge >= 0.3 is 0 Å². The first-order valence-electron chi connectivity index (χ1n) is 8.95. The smallest absolute Gasteiger partial charge is 0.187 e. The van der Waals surface area contributed by atoms with Gasteiger partial charge in [-0.2, -0.15) is 0 Å². The van der Waals surface area contributed by atoms with Crippen LogP contribution in [0.25, 0.3) is 11.4 Å². The molecule has 3 aromatic rings. The van der Waals surface area contributed by atoms with E-state index in [1.54, 1.807) is 19.4 Å². The van der Waals surface area contributed by atoms with Crippen molar-refractivity contribution in [2.24, 2.45) is 0 Å². The van der Waals surface area contributed by atoms with Crippen LogP contribution in [0, 0.1) is 0 Å². The van der Waals surface area contributed by atoms with Gasteiger partial charge in [0.25, 0.3) is 0 Å². The van der Waals surface area contributed by atoms with Gasteiger partial charge in [-0.3, -0.25) is 0 Å². The third-order valence-electron chi connectivity index (χ3n) is 4.38. The molecule has 0 saturated carbocycles. The Kier molecular flexibility index (Phi) is 5.36. The zero-order chi connectivity index (χ0) is 19.3. The van der Waals surface area contributed by atoms with Crippen molar-refractivity contribution >= 4 is 5.82 Å². The van der Waals surface area contributed by atoms with E-state index in [1.807, 2.05) is 42.5 Å². The zero-order valence-electron chi connectivity index (χ0n) is 15.5. The summed E-state index contributed by atoms with van der Waals surface area (Å²) in [5.74, 6) is 2.30. The van der Waals surface area contributed by atoms with E-state index in [-0.39, 0.29) is 0 Å². The Morgan fingerprint density at radius 3 is 2.57 bits per heavy atom. The van der Waals surface area contributed by atoms with Crippen LogP contribution < -0.4 is 15.2 Å². The highest BCUT2D eigenvalue weighted by Gasteiger charge is 2.25. The molecule has 0 amide bonds. The lowest BCUT2D eigenvalue weighted by molar-refractivity contribution is -0.0458. The van der Waals surface area contributed by atoms with E-state index in [0.717, 1.165) is 22.4 Å². The topological polar surface area (TPSA) is 88.7 Å². The van der Waals surface area contributed by atoms with E-state index in [9.17, 15) is 0 Å². The first-order valence-corrected chi connectivity index (χ1v) is 8.95. The second-order valence-corrected chi connectivity index (χ2v) is 6.24. The maximum atomic E-state index is 6.21. The SMILES string of the molecule is COc1ccc(COc2c(-c3nccc(N)n3)cccc2C2OCCO2)cc1. The van der Waals surface area contributed by atoms with Crippen molar-refractivity contribution in [2.45, 2.75) is 12.9 Å². The molecule has 2 heterocycles. The number of nitrogens with two attached hydrogens (primary N) is 1. The van der Waals surface area contributed by atoms with Crippen molar-refractivity contribution in [3.05, 3.63) is 65.9 Å². The van der Waals surface area contributed by atoms with Crippen LogP contribution in [0.2, 0.25) is 0 Å². The van der Waals surface area contributed by atoms with Crippen LogP contribution in [-0.2, 0) is 16.1 Å². The van der Waals surface area contributed by atoms with Crippen LogP contribution in [0.4, 0.5) is 5.82 Å². The largest absolute Gasteiger partial charge is 0.497 e. The molecule has 2 aromatic carbocycles. The molecule has 0 atom stereocenters. The Morgan fingerprint density at radius 1 is 1.07 bits per heavy atom. The molecule has 2 N–H and O–H groups in total. The maximum Gasteiger partial charge on any atom is 0.187 e. The van der Waals surface area contributed by atoms with E-state index in [2.05, 4.69) is 9.97 Å². The molecule has 0 aliphatic carbocycles. The number of aromatic nitrogens is 2. The number of rotatable bonds is 6. The van der Waals surface area contributed by atoms with Crippen molar-refractivity contribution in [3.8, 4) is 22.9 Å². The van der Waals surface area contributed by atoms with Crippen molar-refractivity contribution in [1.82, 2.24) is 9.97 Å². The number of hydrogen-bond acceptors (Lipinski definition) is 7. The fourth-order valence-electron chi connectivity index (χ4n) is 3.00. The second-order valence-electron chi connectivity index (χ2n) is 6.24. The average molecular weight is 379 g/mol. The molecule has 0 spiro atoms. The highest BCUT2D eigenvalue weighted by Crippen LogP contribution is 2.38. The summed E-state index contributed by atoms with van der Waals surface area (Å²) in [5.41, 5.74) is 8.38. The first kappa shape index (κ1) is 18.2. The van der Waals surface area contributed by atoms with E-state index in [0.29, 0.717) is 37.2 Å². The number of ether oxygens (including phenoxy) is 4. The lowest BCUT2D eigenvalue weighted by atomic mass is 10.1. The van der Waals surface area contributed by atoms with Crippen LogP contribution in [0.3, 0.4) is 0 Å². The van der Waals surface area contributed by atoms with Gasteiger partial charge in [0.05, 0.1) is 31.5 Å². The third kappa shape index (κ3) is 3.90. The van der Waals surface area contributed by atoms with Crippen molar-refractivity contribution in [3.63, 3.8) is 0 Å². The number of hydrogen-bond donors (Lipinski definition) is 1. The van der Waals surface area contributed by atoms with Gasteiger partial charge in [-0.1, -0.05) is 24.3 Å². The monoisotopic (exact) mass is 379 g/mol. The van der Waals surface area contributed by atoms with E-state index < -0.39 is 6.29 Å². The van der Waals surface area contributed by atoms with Gasteiger partial charge in [0.15, 0.2) is 12.1 Å². The van der Waals surface area contributed by atoms with Gasteiger partial charge in [0.1, 0.15) is 23.9 Å². The summed E-state index contributed by atoms with van der Waals surface area (Å²) >= 11 is 0. The number of nitrogen functional groups attached to an aromatic ring is 1. The number of methoxy groups -OCH3 is 1. The van der Waals surface area contributed by atoms with Crippen LogP contribution in [0.5, 0.6) is 11.5 Å². The van der Waals surface area contributed by atoms with Gasteiger partial charge in [0.2, 0.25) is 0 Å². The molecule has 1 aromatic heterocycles. The van der Waals surface area contributed by atoms with Crippen molar-refractivity contribution in [2.75, 3.05) is 26.1 Å². The second kappa shape index (κ2) is 8.24. The highest BCUT2D eigenvalue weighted by atomic mass is 16.7. The molecule has 144 valence electrons. The molecular weight excluding hydrogens is 358 g/mol. The molecule has 28 heavy (non-hydrogen) atoms. The minimum absolute atomic E-state index is 0.364. The molecule has 1 aliphatic rings. The van der Waals surface area contributed by atoms with Gasteiger partial charge < -0.3 is 24.7 Å². The molecule has 4 rings (SSSR count). The number of benzene rings is 2. The average Bonchev–Trinajstić information content (AvgIpc) is 3.27. The summed E-state index contributed by atoms with van der Waals surface area (Å²) in [6.07, 6.45) is 1.15. The predicted octanol–water partition coefficient (Wildman–Crippen LogP) is 3.36. The summed E-state index contributed by atoms with van der Waals surface area (Å²) in [7, 11) is 1.64. The van der Waals surface area contributed by atoms with E-state index >= 15 is 0 Å². The third-order valence-corrected chi connectivity index (χ3v) is 4.38. The molecule has 0 unspecified atom stereocenters. The highest BCUT2D eigenvalue weighted by molar-refractivity contribution is 5.67. The summed E-state index contributed by atoms with van der Waals surface area (Å²) < 4.78 is 22.8. The lowest BCUT2D eigenvalue weighted by Gasteiger charge is -2.18. The molecule has 0 bridgehead atoms. The van der Waals surface area contributed by atoms with Crippen LogP contribution in [0.15, 0.2) is 54.7 Å². The predicted molar refractivity (Wildman–Crippen MR) is 104 cm³/mol. The normalized spacial score (nSPS) is 14.2. The molecule has 1 fully saturated rings. The Bertz CT molecular complexity index is 941. The summed E-state index contributed by atoms with van der Waals surface area (Å²) in [6, 6.07) is 15.1. The number of para-hydroxylation sites is 1. The lowest BCUT2D eigenvalue weighted by Crippen LogP contribution is -2.06. The Morgan fingerprint density at radius 2 is 1.86 bits per heavy atom. The maximum absolute atomic E-state index is 6.21. The summed E-state index contributed by atoms with van der Waals surface area (Å²) in [4.78, 5) is 8.68. The Balaban J connectivity index is 1.69. The van der Waals surface area contributed by atoms with Gasteiger partial charge in [-0.05, 0) is 29.8 Å². The van der Waals surface area contributed by atoms with Crippen LogP contribution in [-0.4, -0.2) is 30.3 Å². The first-order chi connectivity index (χ1) is 13.7. The van der Waals surface area contributed by atoms with Crippen LogP contribution in [0.1, 0.15) is 17.4 Å². The van der Waals surface area contributed by atoms with Crippen molar-refractivity contribution < 1.29 is 18.9 Å². The summed E-state index contributed by atoms with van der Waals surface area (Å²) in [6.45, 7) is 1.45. The van der Waals surface area contributed by atoms with Gasteiger partial charge in [0, 0.05) is 6.20 Å². The number of nitrogens with zero attached hydrogens (tertiary/aromatic N) is 2. The molecule has 7 heteroatoms. The fourth-order valence-corrected chi connectivity index (χ4v) is 3.00. The number of anilines is 1. The molecular formula is C21H21N3O4. The minimum Gasteiger partial charge on any atom is -0.497 e.